The number of carbonyl (C=O) groups excluding carboxylic acids is 2. The summed E-state index contributed by atoms with van der Waals surface area (Å²) >= 11 is 5.98. The standard InChI is InChI=1S/C36H28ClN3O2/c1-39-23-27(21-33(39)35(42)26-17-19-31(37)20-18-26)34(41)22-32-24-40(25-38-32)36(28-11-5-2-6-12-28,29-13-7-3-8-14-29)30-15-9-4-10-16-30/h2-21,23-25H,22H2,1H3. The van der Waals surface area contributed by atoms with Crippen molar-refractivity contribution in [3.8, 4) is 0 Å². The Balaban J connectivity index is 1.36. The monoisotopic (exact) mass is 569 g/mol. The molecule has 0 saturated heterocycles. The molecule has 0 aliphatic heterocycles. The van der Waals surface area contributed by atoms with E-state index in [2.05, 4.69) is 41.0 Å². The predicted octanol–water partition coefficient (Wildman–Crippen LogP) is 7.37. The van der Waals surface area contributed by atoms with Gasteiger partial charge >= 0.3 is 0 Å². The highest BCUT2D eigenvalue weighted by Crippen LogP contribution is 2.40. The Morgan fingerprint density at radius 2 is 1.24 bits per heavy atom. The molecule has 0 atom stereocenters. The van der Waals surface area contributed by atoms with E-state index in [1.807, 2.05) is 60.8 Å². The number of imidazole rings is 1. The minimum absolute atomic E-state index is 0.0973. The Morgan fingerprint density at radius 3 is 1.76 bits per heavy atom. The van der Waals surface area contributed by atoms with Crippen molar-refractivity contribution >= 4 is 23.2 Å². The van der Waals surface area contributed by atoms with Gasteiger partial charge in [-0.25, -0.2) is 4.98 Å². The summed E-state index contributed by atoms with van der Waals surface area (Å²) < 4.78 is 3.78. The van der Waals surface area contributed by atoms with Crippen molar-refractivity contribution in [3.05, 3.63) is 184 Å². The molecule has 0 N–H and O–H groups in total. The maximum absolute atomic E-state index is 13.5. The zero-order chi connectivity index (χ0) is 29.1. The van der Waals surface area contributed by atoms with Crippen LogP contribution in [0.5, 0.6) is 0 Å². The predicted molar refractivity (Wildman–Crippen MR) is 165 cm³/mol. The van der Waals surface area contributed by atoms with Crippen molar-refractivity contribution < 1.29 is 9.59 Å². The Bertz CT molecular complexity index is 1740. The summed E-state index contributed by atoms with van der Waals surface area (Å²) in [5.41, 5.74) is 4.57. The molecule has 0 fully saturated rings. The number of aryl methyl sites for hydroxylation is 1. The van der Waals surface area contributed by atoms with Crippen LogP contribution in [0.15, 0.2) is 140 Å². The number of aromatic nitrogens is 3. The summed E-state index contributed by atoms with van der Waals surface area (Å²) in [5, 5.41) is 0.560. The topological polar surface area (TPSA) is 56.9 Å². The lowest BCUT2D eigenvalue weighted by Gasteiger charge is -2.37. The van der Waals surface area contributed by atoms with Crippen LogP contribution in [-0.4, -0.2) is 25.7 Å². The molecule has 0 radical (unpaired) electrons. The smallest absolute Gasteiger partial charge is 0.209 e. The van der Waals surface area contributed by atoms with Gasteiger partial charge in [-0.2, -0.15) is 0 Å². The highest BCUT2D eigenvalue weighted by atomic mass is 35.5. The SMILES string of the molecule is Cn1cc(C(=O)Cc2cn(C(c3ccccc3)(c3ccccc3)c3ccccc3)cn2)cc1C(=O)c1ccc(Cl)cc1. The van der Waals surface area contributed by atoms with E-state index < -0.39 is 5.54 Å². The zero-order valence-corrected chi connectivity index (χ0v) is 23.8. The van der Waals surface area contributed by atoms with Gasteiger partial charge in [0.2, 0.25) is 5.78 Å². The molecule has 4 aromatic carbocycles. The van der Waals surface area contributed by atoms with Gasteiger partial charge in [0.05, 0.1) is 24.1 Å². The van der Waals surface area contributed by atoms with E-state index in [0.29, 0.717) is 27.5 Å². The van der Waals surface area contributed by atoms with Gasteiger partial charge in [-0.15, -0.1) is 0 Å². The summed E-state index contributed by atoms with van der Waals surface area (Å²) in [6.07, 6.45) is 5.55. The number of nitrogens with zero attached hydrogens (tertiary/aromatic N) is 3. The van der Waals surface area contributed by atoms with E-state index in [4.69, 9.17) is 16.6 Å². The summed E-state index contributed by atoms with van der Waals surface area (Å²) in [6.45, 7) is 0. The van der Waals surface area contributed by atoms with E-state index in [0.717, 1.165) is 16.7 Å². The lowest BCUT2D eigenvalue weighted by molar-refractivity contribution is 0.0991. The third kappa shape index (κ3) is 5.00. The molecule has 42 heavy (non-hydrogen) atoms. The number of benzene rings is 4. The lowest BCUT2D eigenvalue weighted by Crippen LogP contribution is -2.36. The molecule has 0 amide bonds. The van der Waals surface area contributed by atoms with E-state index >= 15 is 0 Å². The normalized spacial score (nSPS) is 11.4. The van der Waals surface area contributed by atoms with Crippen LogP contribution in [0.2, 0.25) is 5.02 Å². The Kier molecular flexibility index (Phi) is 7.43. The fourth-order valence-electron chi connectivity index (χ4n) is 5.58. The molecular formula is C36H28ClN3O2. The maximum atomic E-state index is 13.5. The first kappa shape index (κ1) is 27.2. The first-order valence-corrected chi connectivity index (χ1v) is 14.0. The summed E-state index contributed by atoms with van der Waals surface area (Å²) in [6, 6.07) is 39.3. The van der Waals surface area contributed by atoms with Crippen molar-refractivity contribution in [2.45, 2.75) is 12.0 Å². The summed E-state index contributed by atoms with van der Waals surface area (Å²) in [4.78, 5) is 31.3. The molecule has 2 heterocycles. The highest BCUT2D eigenvalue weighted by molar-refractivity contribution is 6.30. The van der Waals surface area contributed by atoms with Crippen LogP contribution in [0.4, 0.5) is 0 Å². The average Bonchev–Trinajstić information content (AvgIpc) is 3.66. The van der Waals surface area contributed by atoms with Gasteiger partial charge in [0.15, 0.2) is 5.78 Å². The lowest BCUT2D eigenvalue weighted by atomic mass is 9.77. The van der Waals surface area contributed by atoms with Crippen LogP contribution in [0.1, 0.15) is 48.8 Å². The Labute approximate surface area is 249 Å². The second-order valence-corrected chi connectivity index (χ2v) is 10.7. The van der Waals surface area contributed by atoms with Gasteiger partial charge in [-0.1, -0.05) is 103 Å². The van der Waals surface area contributed by atoms with Crippen LogP contribution in [-0.2, 0) is 19.0 Å². The zero-order valence-electron chi connectivity index (χ0n) is 23.0. The number of rotatable bonds is 9. The largest absolute Gasteiger partial charge is 0.347 e. The molecule has 2 aromatic heterocycles. The fourth-order valence-corrected chi connectivity index (χ4v) is 5.71. The van der Waals surface area contributed by atoms with Crippen LogP contribution in [0.3, 0.4) is 0 Å². The number of carbonyl (C=O) groups is 2. The van der Waals surface area contributed by atoms with Gasteiger partial charge in [0.1, 0.15) is 5.54 Å². The van der Waals surface area contributed by atoms with Gasteiger partial charge in [-0.3, -0.25) is 9.59 Å². The first-order valence-electron chi connectivity index (χ1n) is 13.7. The number of hydrogen-bond donors (Lipinski definition) is 0. The van der Waals surface area contributed by atoms with E-state index in [9.17, 15) is 9.59 Å². The van der Waals surface area contributed by atoms with Gasteiger partial charge in [0.25, 0.3) is 0 Å². The second-order valence-electron chi connectivity index (χ2n) is 10.2. The molecule has 6 rings (SSSR count). The van der Waals surface area contributed by atoms with Gasteiger partial charge < -0.3 is 9.13 Å². The third-order valence-electron chi connectivity index (χ3n) is 7.61. The summed E-state index contributed by atoms with van der Waals surface area (Å²) in [7, 11) is 1.77. The minimum atomic E-state index is -0.705. The molecular weight excluding hydrogens is 542 g/mol. The maximum Gasteiger partial charge on any atom is 0.209 e. The summed E-state index contributed by atoms with van der Waals surface area (Å²) in [5.74, 6) is -0.286. The molecule has 0 aliphatic carbocycles. The molecule has 6 aromatic rings. The average molecular weight is 570 g/mol. The quantitative estimate of drug-likeness (QED) is 0.135. The molecule has 206 valence electrons. The minimum Gasteiger partial charge on any atom is -0.347 e. The number of Topliss-reactive ketones (excluding diaryl/α,β-unsaturated/α-hetero) is 1. The second kappa shape index (κ2) is 11.5. The highest BCUT2D eigenvalue weighted by Gasteiger charge is 2.38. The molecule has 0 saturated carbocycles. The van der Waals surface area contributed by atoms with Gasteiger partial charge in [0, 0.05) is 35.6 Å². The Morgan fingerprint density at radius 1 is 0.714 bits per heavy atom. The van der Waals surface area contributed by atoms with Crippen molar-refractivity contribution in [3.63, 3.8) is 0 Å². The molecule has 0 spiro atoms. The molecule has 0 bridgehead atoms. The molecule has 0 unspecified atom stereocenters. The van der Waals surface area contributed by atoms with Crippen LogP contribution in [0, 0.1) is 0 Å². The first-order chi connectivity index (χ1) is 20.5. The Hall–Kier alpha value is -5.00. The van der Waals surface area contributed by atoms with Crippen molar-refractivity contribution in [2.75, 3.05) is 0 Å². The van der Waals surface area contributed by atoms with Crippen molar-refractivity contribution in [1.82, 2.24) is 14.1 Å². The van der Waals surface area contributed by atoms with Crippen LogP contribution in [0.25, 0.3) is 0 Å². The number of halogens is 1. The fraction of sp³-hybridized carbons (Fsp3) is 0.0833. The van der Waals surface area contributed by atoms with Crippen molar-refractivity contribution in [1.29, 1.82) is 0 Å². The van der Waals surface area contributed by atoms with Crippen molar-refractivity contribution in [2.24, 2.45) is 7.05 Å². The molecule has 6 heteroatoms. The number of hydrogen-bond acceptors (Lipinski definition) is 3. The van der Waals surface area contributed by atoms with E-state index in [1.165, 1.54) is 0 Å². The van der Waals surface area contributed by atoms with Crippen LogP contribution < -0.4 is 0 Å². The molecule has 5 nitrogen and oxygen atoms in total. The van der Waals surface area contributed by atoms with Gasteiger partial charge in [-0.05, 0) is 47.0 Å². The van der Waals surface area contributed by atoms with E-state index in [1.54, 1.807) is 54.5 Å². The molecule has 0 aliphatic rings. The third-order valence-corrected chi connectivity index (χ3v) is 7.86. The van der Waals surface area contributed by atoms with Crippen LogP contribution >= 0.6 is 11.6 Å². The van der Waals surface area contributed by atoms with E-state index in [-0.39, 0.29) is 18.0 Å². The number of ketones is 2.